The molecule has 1 aliphatic heterocycles. The third-order valence-electron chi connectivity index (χ3n) is 5.87. The highest BCUT2D eigenvalue weighted by molar-refractivity contribution is 5.76. The predicted molar refractivity (Wildman–Crippen MR) is 128 cm³/mol. The number of pyridine rings is 1. The number of benzene rings is 1. The van der Waals surface area contributed by atoms with Gasteiger partial charge in [-0.15, -0.1) is 0 Å². The Bertz CT molecular complexity index is 871. The van der Waals surface area contributed by atoms with Gasteiger partial charge < -0.3 is 14.4 Å². The summed E-state index contributed by atoms with van der Waals surface area (Å²) in [6.07, 6.45) is 5.02. The van der Waals surface area contributed by atoms with Crippen LogP contribution < -0.4 is 14.4 Å². The van der Waals surface area contributed by atoms with E-state index in [9.17, 15) is 4.79 Å². The van der Waals surface area contributed by atoms with Gasteiger partial charge in [-0.05, 0) is 49.2 Å². The third-order valence-corrected chi connectivity index (χ3v) is 5.87. The topological polar surface area (TPSA) is 54.9 Å². The number of hydrogen-bond acceptors (Lipinski definition) is 6. The molecule has 6 nitrogen and oxygen atoms in total. The van der Waals surface area contributed by atoms with Crippen LogP contribution in [0, 0.1) is 5.92 Å². The van der Waals surface area contributed by atoms with E-state index < -0.39 is 0 Å². The van der Waals surface area contributed by atoms with E-state index in [1.165, 1.54) is 5.56 Å². The highest BCUT2D eigenvalue weighted by atomic mass is 16.5. The van der Waals surface area contributed by atoms with Gasteiger partial charge in [0.2, 0.25) is 0 Å². The van der Waals surface area contributed by atoms with E-state index in [-0.39, 0.29) is 11.9 Å². The number of nitrogens with zero attached hydrogens (tertiary/aromatic N) is 3. The molecular formula is C26H37N3O3. The van der Waals surface area contributed by atoms with Crippen molar-refractivity contribution in [3.8, 4) is 11.5 Å². The lowest BCUT2D eigenvalue weighted by atomic mass is 10.1. The molecule has 0 spiro atoms. The highest BCUT2D eigenvalue weighted by Crippen LogP contribution is 2.30. The monoisotopic (exact) mass is 439 g/mol. The number of rotatable bonds is 11. The lowest BCUT2D eigenvalue weighted by molar-refractivity contribution is -0.137. The Labute approximate surface area is 192 Å². The minimum atomic E-state index is -0.230. The van der Waals surface area contributed by atoms with Gasteiger partial charge in [0.15, 0.2) is 11.6 Å². The molecule has 6 heteroatoms. The number of likely N-dealkylation sites (N-methyl/N-ethyl adjacent to an activating group) is 1. The first-order valence-corrected chi connectivity index (χ1v) is 11.9. The molecule has 0 radical (unpaired) electrons. The normalized spacial score (nSPS) is 16.1. The fourth-order valence-corrected chi connectivity index (χ4v) is 3.96. The Balaban J connectivity index is 1.64. The second-order valence-electron chi connectivity index (χ2n) is 8.70. The molecule has 32 heavy (non-hydrogen) atoms. The van der Waals surface area contributed by atoms with Crippen molar-refractivity contribution in [2.75, 3.05) is 31.1 Å². The quantitative estimate of drug-likeness (QED) is 0.366. The number of aromatic nitrogens is 1. The third kappa shape index (κ3) is 6.45. The average Bonchev–Trinajstić information content (AvgIpc) is 3.28. The summed E-state index contributed by atoms with van der Waals surface area (Å²) in [5.41, 5.74) is 1.27. The molecule has 2 aromatic rings. The maximum atomic E-state index is 12.1. The van der Waals surface area contributed by atoms with Crippen LogP contribution in [0.25, 0.3) is 0 Å². The summed E-state index contributed by atoms with van der Waals surface area (Å²) < 4.78 is 11.5. The molecule has 174 valence electrons. The van der Waals surface area contributed by atoms with Crippen molar-refractivity contribution >= 4 is 11.8 Å². The molecule has 1 saturated heterocycles. The van der Waals surface area contributed by atoms with Crippen molar-refractivity contribution in [1.29, 1.82) is 0 Å². The van der Waals surface area contributed by atoms with E-state index in [4.69, 9.17) is 9.47 Å². The van der Waals surface area contributed by atoms with Crippen LogP contribution in [0.5, 0.6) is 11.5 Å². The highest BCUT2D eigenvalue weighted by Gasteiger charge is 2.30. The Morgan fingerprint density at radius 1 is 1.25 bits per heavy atom. The first-order chi connectivity index (χ1) is 15.5. The summed E-state index contributed by atoms with van der Waals surface area (Å²) >= 11 is 0. The van der Waals surface area contributed by atoms with Gasteiger partial charge in [0.1, 0.15) is 5.75 Å². The maximum absolute atomic E-state index is 12.1. The van der Waals surface area contributed by atoms with E-state index in [0.29, 0.717) is 11.8 Å². The smallest absolute Gasteiger partial charge is 0.313 e. The van der Waals surface area contributed by atoms with E-state index in [1.807, 2.05) is 32.0 Å². The van der Waals surface area contributed by atoms with Gasteiger partial charge in [-0.3, -0.25) is 9.69 Å². The van der Waals surface area contributed by atoms with E-state index in [2.05, 4.69) is 46.8 Å². The zero-order valence-electron chi connectivity index (χ0n) is 19.9. The van der Waals surface area contributed by atoms with Crippen molar-refractivity contribution < 1.29 is 14.3 Å². The van der Waals surface area contributed by atoms with Crippen molar-refractivity contribution in [2.24, 2.45) is 5.92 Å². The fourth-order valence-electron chi connectivity index (χ4n) is 3.96. The van der Waals surface area contributed by atoms with Crippen molar-refractivity contribution in [3.05, 3.63) is 48.2 Å². The van der Waals surface area contributed by atoms with Crippen molar-refractivity contribution in [2.45, 2.75) is 59.5 Å². The van der Waals surface area contributed by atoms with E-state index >= 15 is 0 Å². The molecule has 0 N–H and O–H groups in total. The molecule has 0 bridgehead atoms. The number of anilines is 1. The summed E-state index contributed by atoms with van der Waals surface area (Å²) in [5.74, 6) is 1.85. The van der Waals surface area contributed by atoms with Crippen LogP contribution in [0.1, 0.15) is 52.5 Å². The second kappa shape index (κ2) is 11.9. The summed E-state index contributed by atoms with van der Waals surface area (Å²) in [6, 6.07) is 12.5. The molecule has 3 rings (SSSR count). The van der Waals surface area contributed by atoms with Crippen LogP contribution in [0.15, 0.2) is 42.6 Å². The van der Waals surface area contributed by atoms with Crippen LogP contribution >= 0.6 is 0 Å². The minimum Gasteiger partial charge on any atom is -0.494 e. The van der Waals surface area contributed by atoms with Gasteiger partial charge in [-0.2, -0.15) is 0 Å². The Morgan fingerprint density at radius 3 is 2.84 bits per heavy atom. The zero-order chi connectivity index (χ0) is 22.9. The Kier molecular flexibility index (Phi) is 8.91. The van der Waals surface area contributed by atoms with E-state index in [1.54, 1.807) is 6.20 Å². The number of esters is 1. The molecule has 0 unspecified atom stereocenters. The van der Waals surface area contributed by atoms with Gasteiger partial charge in [0.05, 0.1) is 12.5 Å². The number of unbranched alkanes of at least 4 members (excludes halogenated alkanes) is 1. The van der Waals surface area contributed by atoms with Crippen LogP contribution in [-0.4, -0.2) is 48.1 Å². The lowest BCUT2D eigenvalue weighted by Crippen LogP contribution is -2.37. The molecule has 0 saturated carbocycles. The van der Waals surface area contributed by atoms with Gasteiger partial charge in [0, 0.05) is 31.9 Å². The SMILES string of the molecule is CCCCOc1cccc(CN(CC)[C@@H]2CCN(c3ncccc3OC(=O)C(C)C)C2)c1. The number of carbonyl (C=O) groups excluding carboxylic acids is 1. The molecule has 1 atom stereocenters. The molecule has 0 aliphatic carbocycles. The number of ether oxygens (including phenoxy) is 2. The largest absolute Gasteiger partial charge is 0.494 e. The van der Waals surface area contributed by atoms with Crippen molar-refractivity contribution in [1.82, 2.24) is 9.88 Å². The summed E-state index contributed by atoms with van der Waals surface area (Å²) in [6.45, 7) is 12.4. The molecule has 1 fully saturated rings. The van der Waals surface area contributed by atoms with Crippen molar-refractivity contribution in [3.63, 3.8) is 0 Å². The first kappa shape index (κ1) is 24.1. The van der Waals surface area contributed by atoms with Crippen LogP contribution in [0.4, 0.5) is 5.82 Å². The molecule has 1 aromatic heterocycles. The Hall–Kier alpha value is -2.60. The van der Waals surface area contributed by atoms with Crippen LogP contribution in [0.3, 0.4) is 0 Å². The molecule has 1 aliphatic rings. The first-order valence-electron chi connectivity index (χ1n) is 11.9. The minimum absolute atomic E-state index is 0.174. The van der Waals surface area contributed by atoms with Crippen LogP contribution in [0.2, 0.25) is 0 Å². The number of carbonyl (C=O) groups is 1. The standard InChI is InChI=1S/C26H37N3O3/c1-5-7-16-31-23-11-8-10-21(17-23)18-28(6-2)22-13-15-29(19-22)25-24(12-9-14-27-25)32-26(30)20(3)4/h8-12,14,17,20,22H,5-7,13,15-16,18-19H2,1-4H3/t22-/m1/s1. The van der Waals surface area contributed by atoms with Gasteiger partial charge >= 0.3 is 5.97 Å². The fraction of sp³-hybridized carbons (Fsp3) is 0.538. The second-order valence-corrected chi connectivity index (χ2v) is 8.70. The zero-order valence-corrected chi connectivity index (χ0v) is 19.9. The van der Waals surface area contributed by atoms with E-state index in [0.717, 1.165) is 63.6 Å². The summed E-state index contributed by atoms with van der Waals surface area (Å²) in [7, 11) is 0. The summed E-state index contributed by atoms with van der Waals surface area (Å²) in [5, 5.41) is 0. The van der Waals surface area contributed by atoms with Gasteiger partial charge in [-0.25, -0.2) is 4.98 Å². The van der Waals surface area contributed by atoms with Gasteiger partial charge in [-0.1, -0.05) is 46.2 Å². The summed E-state index contributed by atoms with van der Waals surface area (Å²) in [4.78, 5) is 21.4. The predicted octanol–water partition coefficient (Wildman–Crippen LogP) is 4.92. The lowest BCUT2D eigenvalue weighted by Gasteiger charge is -2.28. The maximum Gasteiger partial charge on any atom is 0.313 e. The van der Waals surface area contributed by atoms with Crippen LogP contribution in [-0.2, 0) is 11.3 Å². The molecule has 2 heterocycles. The Morgan fingerprint density at radius 2 is 2.09 bits per heavy atom. The van der Waals surface area contributed by atoms with Gasteiger partial charge in [0.25, 0.3) is 0 Å². The molecular weight excluding hydrogens is 402 g/mol. The average molecular weight is 440 g/mol. The number of hydrogen-bond donors (Lipinski definition) is 0. The molecule has 0 amide bonds. The molecule has 1 aromatic carbocycles.